The predicted octanol–water partition coefficient (Wildman–Crippen LogP) is 2.53. The van der Waals surface area contributed by atoms with Crippen molar-refractivity contribution in [2.24, 2.45) is 0 Å². The second kappa shape index (κ2) is 9.44. The molecule has 0 spiro atoms. The lowest BCUT2D eigenvalue weighted by molar-refractivity contribution is -0.127. The Bertz CT molecular complexity index is 798. The minimum absolute atomic E-state index is 0.238. The second-order valence-corrected chi connectivity index (χ2v) is 5.89. The van der Waals surface area contributed by atoms with E-state index in [1.54, 1.807) is 55.5 Å². The van der Waals surface area contributed by atoms with Gasteiger partial charge >= 0.3 is 0 Å². The molecule has 0 aromatic heterocycles. The third-order valence-electron chi connectivity index (χ3n) is 3.48. The summed E-state index contributed by atoms with van der Waals surface area (Å²) in [4.78, 5) is 23.9. The normalized spacial score (nSPS) is 11.1. The molecule has 1 unspecified atom stereocenters. The van der Waals surface area contributed by atoms with Crippen LogP contribution in [0, 0.1) is 11.3 Å². The lowest BCUT2D eigenvalue weighted by atomic mass is 10.2. The summed E-state index contributed by atoms with van der Waals surface area (Å²) in [5.74, 6) is -0.0319. The van der Waals surface area contributed by atoms with Crippen molar-refractivity contribution in [3.8, 4) is 11.8 Å². The zero-order valence-electron chi connectivity index (χ0n) is 14.2. The largest absolute Gasteiger partial charge is 0.481 e. The van der Waals surface area contributed by atoms with Crippen LogP contribution in [-0.2, 0) is 4.79 Å². The van der Waals surface area contributed by atoms with Gasteiger partial charge in [0.05, 0.1) is 11.6 Å². The van der Waals surface area contributed by atoms with Crippen molar-refractivity contribution in [2.45, 2.75) is 13.0 Å². The maximum atomic E-state index is 12.0. The monoisotopic (exact) mass is 371 g/mol. The Morgan fingerprint density at radius 2 is 1.69 bits per heavy atom. The summed E-state index contributed by atoms with van der Waals surface area (Å²) >= 11 is 5.78. The number of ether oxygens (including phenoxy) is 1. The Morgan fingerprint density at radius 3 is 2.31 bits per heavy atom. The van der Waals surface area contributed by atoms with E-state index in [0.29, 0.717) is 21.9 Å². The van der Waals surface area contributed by atoms with Gasteiger partial charge in [-0.15, -0.1) is 0 Å². The third-order valence-corrected chi connectivity index (χ3v) is 3.73. The second-order valence-electron chi connectivity index (χ2n) is 5.45. The highest BCUT2D eigenvalue weighted by atomic mass is 35.5. The fourth-order valence-electron chi connectivity index (χ4n) is 2.07. The molecule has 0 heterocycles. The number of hydrogen-bond donors (Lipinski definition) is 2. The number of benzene rings is 2. The zero-order chi connectivity index (χ0) is 18.9. The summed E-state index contributed by atoms with van der Waals surface area (Å²) in [6.07, 6.45) is -0.699. The highest BCUT2D eigenvalue weighted by Gasteiger charge is 2.14. The quantitative estimate of drug-likeness (QED) is 0.731. The van der Waals surface area contributed by atoms with Crippen LogP contribution < -0.4 is 15.4 Å². The number of nitrogens with zero attached hydrogens (tertiary/aromatic N) is 1. The van der Waals surface area contributed by atoms with Gasteiger partial charge in [0.25, 0.3) is 11.8 Å². The van der Waals surface area contributed by atoms with Crippen LogP contribution in [0.1, 0.15) is 22.8 Å². The molecular weight excluding hydrogens is 354 g/mol. The Hall–Kier alpha value is -3.04. The topological polar surface area (TPSA) is 91.2 Å². The lowest BCUT2D eigenvalue weighted by Gasteiger charge is -2.15. The highest BCUT2D eigenvalue weighted by molar-refractivity contribution is 6.30. The van der Waals surface area contributed by atoms with E-state index in [1.807, 2.05) is 6.07 Å². The summed E-state index contributed by atoms with van der Waals surface area (Å²) in [6.45, 7) is 2.19. The molecule has 0 aliphatic carbocycles. The van der Waals surface area contributed by atoms with Crippen LogP contribution in [0.3, 0.4) is 0 Å². The fraction of sp³-hybridized carbons (Fsp3) is 0.211. The average molecular weight is 372 g/mol. The van der Waals surface area contributed by atoms with Crippen LogP contribution in [0.4, 0.5) is 0 Å². The summed E-state index contributed by atoms with van der Waals surface area (Å²) < 4.78 is 5.51. The fourth-order valence-corrected chi connectivity index (χ4v) is 2.20. The Morgan fingerprint density at radius 1 is 1.08 bits per heavy atom. The lowest BCUT2D eigenvalue weighted by Crippen LogP contribution is -2.40. The zero-order valence-corrected chi connectivity index (χ0v) is 14.9. The number of halogens is 1. The molecule has 0 radical (unpaired) electrons. The molecule has 7 heteroatoms. The van der Waals surface area contributed by atoms with E-state index < -0.39 is 6.10 Å². The van der Waals surface area contributed by atoms with E-state index in [1.165, 1.54) is 0 Å². The number of carbonyl (C=O) groups is 2. The van der Waals surface area contributed by atoms with Crippen LogP contribution in [0.15, 0.2) is 48.5 Å². The first-order valence-corrected chi connectivity index (χ1v) is 8.35. The van der Waals surface area contributed by atoms with E-state index in [2.05, 4.69) is 10.6 Å². The van der Waals surface area contributed by atoms with Crippen molar-refractivity contribution < 1.29 is 14.3 Å². The smallest absolute Gasteiger partial charge is 0.260 e. The number of carbonyl (C=O) groups excluding carboxylic acids is 2. The molecule has 2 aromatic rings. The van der Waals surface area contributed by atoms with Crippen molar-refractivity contribution in [1.29, 1.82) is 5.26 Å². The van der Waals surface area contributed by atoms with Gasteiger partial charge in [0.2, 0.25) is 0 Å². The molecule has 0 saturated carbocycles. The average Bonchev–Trinajstić information content (AvgIpc) is 2.66. The summed E-state index contributed by atoms with van der Waals surface area (Å²) in [7, 11) is 0. The molecule has 2 rings (SSSR count). The van der Waals surface area contributed by atoms with Gasteiger partial charge in [-0.3, -0.25) is 9.59 Å². The maximum Gasteiger partial charge on any atom is 0.260 e. The van der Waals surface area contributed by atoms with Gasteiger partial charge in [0, 0.05) is 23.7 Å². The first kappa shape index (κ1) is 19.3. The number of nitriles is 1. The van der Waals surface area contributed by atoms with Gasteiger partial charge in [-0.2, -0.15) is 5.26 Å². The molecule has 134 valence electrons. The Balaban J connectivity index is 1.71. The SMILES string of the molecule is CC(Oc1ccc(C#N)cc1)C(=O)NCCNC(=O)c1ccc(Cl)cc1. The van der Waals surface area contributed by atoms with Crippen molar-refractivity contribution in [2.75, 3.05) is 13.1 Å². The Kier molecular flexibility index (Phi) is 7.01. The molecular formula is C19H18ClN3O3. The van der Waals surface area contributed by atoms with Crippen molar-refractivity contribution in [3.63, 3.8) is 0 Å². The molecule has 6 nitrogen and oxygen atoms in total. The molecule has 0 fully saturated rings. The van der Waals surface area contributed by atoms with Gasteiger partial charge in [-0.05, 0) is 55.5 Å². The predicted molar refractivity (Wildman–Crippen MR) is 98.0 cm³/mol. The van der Waals surface area contributed by atoms with E-state index >= 15 is 0 Å². The van der Waals surface area contributed by atoms with Crippen LogP contribution >= 0.6 is 11.6 Å². The third kappa shape index (κ3) is 5.80. The van der Waals surface area contributed by atoms with E-state index in [-0.39, 0.29) is 24.9 Å². The van der Waals surface area contributed by atoms with Crippen LogP contribution in [0.2, 0.25) is 5.02 Å². The summed E-state index contributed by atoms with van der Waals surface area (Å²) in [5.41, 5.74) is 1.02. The van der Waals surface area contributed by atoms with Gasteiger partial charge in [-0.1, -0.05) is 11.6 Å². The standard InChI is InChI=1S/C19H18ClN3O3/c1-13(26-17-8-2-14(12-21)3-9-17)18(24)22-10-11-23-19(25)15-4-6-16(20)7-5-15/h2-9,13H,10-11H2,1H3,(H,22,24)(H,23,25). The molecule has 0 aliphatic rings. The Labute approximate surface area is 156 Å². The molecule has 26 heavy (non-hydrogen) atoms. The molecule has 2 N–H and O–H groups in total. The van der Waals surface area contributed by atoms with Crippen molar-refractivity contribution in [1.82, 2.24) is 10.6 Å². The van der Waals surface area contributed by atoms with Crippen LogP contribution in [0.25, 0.3) is 0 Å². The summed E-state index contributed by atoms with van der Waals surface area (Å²) in [6, 6.07) is 15.1. The highest BCUT2D eigenvalue weighted by Crippen LogP contribution is 2.13. The van der Waals surface area contributed by atoms with Gasteiger partial charge < -0.3 is 15.4 Å². The molecule has 0 aliphatic heterocycles. The molecule has 0 bridgehead atoms. The van der Waals surface area contributed by atoms with Crippen LogP contribution in [-0.4, -0.2) is 31.0 Å². The number of amides is 2. The molecule has 2 aromatic carbocycles. The maximum absolute atomic E-state index is 12.0. The minimum atomic E-state index is -0.699. The van der Waals surface area contributed by atoms with Crippen LogP contribution in [0.5, 0.6) is 5.75 Å². The minimum Gasteiger partial charge on any atom is -0.481 e. The number of rotatable bonds is 7. The number of nitrogens with one attached hydrogen (secondary N) is 2. The van der Waals surface area contributed by atoms with Gasteiger partial charge in [-0.25, -0.2) is 0 Å². The van der Waals surface area contributed by atoms with E-state index in [4.69, 9.17) is 21.6 Å². The number of hydrogen-bond acceptors (Lipinski definition) is 4. The van der Waals surface area contributed by atoms with Crippen molar-refractivity contribution in [3.05, 3.63) is 64.7 Å². The molecule has 0 saturated heterocycles. The van der Waals surface area contributed by atoms with Crippen molar-refractivity contribution >= 4 is 23.4 Å². The first-order chi connectivity index (χ1) is 12.5. The molecule has 1 atom stereocenters. The van der Waals surface area contributed by atoms with Gasteiger partial charge in [0.15, 0.2) is 6.10 Å². The first-order valence-electron chi connectivity index (χ1n) is 7.98. The summed E-state index contributed by atoms with van der Waals surface area (Å²) in [5, 5.41) is 14.7. The van der Waals surface area contributed by atoms with E-state index in [0.717, 1.165) is 0 Å². The van der Waals surface area contributed by atoms with Gasteiger partial charge in [0.1, 0.15) is 5.75 Å². The van der Waals surface area contributed by atoms with E-state index in [9.17, 15) is 9.59 Å². The molecule has 2 amide bonds.